The van der Waals surface area contributed by atoms with Gasteiger partial charge in [0.2, 0.25) is 5.91 Å². The number of fused-ring (bicyclic) bond motifs is 1. The van der Waals surface area contributed by atoms with Gasteiger partial charge in [0.1, 0.15) is 0 Å². The summed E-state index contributed by atoms with van der Waals surface area (Å²) >= 11 is 0. The number of carboxylic acids is 1. The molecule has 1 saturated heterocycles. The lowest BCUT2D eigenvalue weighted by atomic mass is 9.64. The van der Waals surface area contributed by atoms with Crippen molar-refractivity contribution in [2.45, 2.75) is 44.9 Å². The highest BCUT2D eigenvalue weighted by Gasteiger charge is 2.73. The van der Waals surface area contributed by atoms with E-state index in [1.165, 1.54) is 0 Å². The molecule has 0 aromatic carbocycles. The third kappa shape index (κ3) is 1.52. The normalized spacial score (nSPS) is 40.2. The van der Waals surface area contributed by atoms with E-state index < -0.39 is 34.5 Å². The summed E-state index contributed by atoms with van der Waals surface area (Å²) in [5.41, 5.74) is -1.26. The van der Waals surface area contributed by atoms with E-state index in [0.29, 0.717) is 12.8 Å². The van der Waals surface area contributed by atoms with Crippen molar-refractivity contribution < 1.29 is 24.2 Å². The van der Waals surface area contributed by atoms with Gasteiger partial charge in [0.15, 0.2) is 5.79 Å². The van der Waals surface area contributed by atoms with Crippen molar-refractivity contribution in [2.24, 2.45) is 17.3 Å². The summed E-state index contributed by atoms with van der Waals surface area (Å²) in [7, 11) is 3.11. The van der Waals surface area contributed by atoms with Gasteiger partial charge >= 0.3 is 5.97 Å². The molecule has 2 fully saturated rings. The maximum Gasteiger partial charge on any atom is 0.307 e. The molecule has 0 aromatic rings. The Morgan fingerprint density at radius 1 is 1.35 bits per heavy atom. The van der Waals surface area contributed by atoms with Gasteiger partial charge in [0.25, 0.3) is 0 Å². The van der Waals surface area contributed by atoms with Gasteiger partial charge in [-0.1, -0.05) is 13.8 Å². The number of hydrogen-bond donors (Lipinski definition) is 2. The Hall–Kier alpha value is -1.14. The van der Waals surface area contributed by atoms with E-state index in [9.17, 15) is 14.7 Å². The number of methoxy groups -OCH3 is 2. The quantitative estimate of drug-likeness (QED) is 0.753. The molecule has 0 spiro atoms. The van der Waals surface area contributed by atoms with Gasteiger partial charge in [-0.3, -0.25) is 9.59 Å². The molecule has 6 nitrogen and oxygen atoms in total. The minimum Gasteiger partial charge on any atom is -0.481 e. The summed E-state index contributed by atoms with van der Waals surface area (Å²) < 4.78 is 11.2. The lowest BCUT2D eigenvalue weighted by Crippen LogP contribution is -2.62. The lowest BCUT2D eigenvalue weighted by Gasteiger charge is -2.45. The Kier molecular flexibility index (Phi) is 3.38. The standard InChI is InChI=1S/C14H23NO5/c1-8(11(17)18)9-10(16)15-13(3)12(9,2)6-7-14(13,19-4)20-5/h8-9H,6-7H2,1-5H3,(H,15,16)(H,17,18). The smallest absolute Gasteiger partial charge is 0.307 e. The van der Waals surface area contributed by atoms with Crippen molar-refractivity contribution in [2.75, 3.05) is 14.2 Å². The molecule has 1 amide bonds. The summed E-state index contributed by atoms with van der Waals surface area (Å²) in [6, 6.07) is 0. The van der Waals surface area contributed by atoms with Crippen LogP contribution in [0.3, 0.4) is 0 Å². The molecule has 2 aliphatic rings. The van der Waals surface area contributed by atoms with Crippen LogP contribution < -0.4 is 5.32 Å². The molecule has 0 bridgehead atoms. The number of amides is 1. The summed E-state index contributed by atoms with van der Waals surface area (Å²) in [6.45, 7) is 5.43. The van der Waals surface area contributed by atoms with E-state index in [1.54, 1.807) is 21.1 Å². The van der Waals surface area contributed by atoms with Crippen LogP contribution in [0.15, 0.2) is 0 Å². The summed E-state index contributed by atoms with van der Waals surface area (Å²) in [4.78, 5) is 23.7. The molecule has 6 heteroatoms. The monoisotopic (exact) mass is 285 g/mol. The van der Waals surface area contributed by atoms with Gasteiger partial charge < -0.3 is 19.9 Å². The minimum absolute atomic E-state index is 0.233. The van der Waals surface area contributed by atoms with Crippen molar-refractivity contribution in [3.05, 3.63) is 0 Å². The molecule has 1 heterocycles. The van der Waals surface area contributed by atoms with Crippen LogP contribution in [-0.2, 0) is 19.1 Å². The molecule has 4 unspecified atom stereocenters. The predicted molar refractivity (Wildman–Crippen MR) is 70.9 cm³/mol. The number of rotatable bonds is 4. The topological polar surface area (TPSA) is 84.9 Å². The molecule has 1 aliphatic carbocycles. The third-order valence-electron chi connectivity index (χ3n) is 5.77. The average molecular weight is 285 g/mol. The molecule has 4 atom stereocenters. The van der Waals surface area contributed by atoms with Crippen LogP contribution in [0.4, 0.5) is 0 Å². The molecule has 0 aromatic heterocycles. The zero-order chi connectivity index (χ0) is 15.3. The summed E-state index contributed by atoms with van der Waals surface area (Å²) in [5.74, 6) is -3.43. The van der Waals surface area contributed by atoms with E-state index >= 15 is 0 Å². The van der Waals surface area contributed by atoms with E-state index in [1.807, 2.05) is 13.8 Å². The van der Waals surface area contributed by atoms with Crippen molar-refractivity contribution >= 4 is 11.9 Å². The minimum atomic E-state index is -0.956. The molecule has 20 heavy (non-hydrogen) atoms. The second kappa shape index (κ2) is 4.43. The van der Waals surface area contributed by atoms with E-state index in [2.05, 4.69) is 5.32 Å². The molecular weight excluding hydrogens is 262 g/mol. The molecule has 1 aliphatic heterocycles. The Labute approximate surface area is 118 Å². The SMILES string of the molecule is COC1(OC)CCC2(C)C(C(C)C(=O)O)C(=O)NC12C. The zero-order valence-electron chi connectivity index (χ0n) is 12.6. The van der Waals surface area contributed by atoms with Crippen LogP contribution in [0.25, 0.3) is 0 Å². The maximum atomic E-state index is 12.4. The highest BCUT2D eigenvalue weighted by Crippen LogP contribution is 2.62. The largest absolute Gasteiger partial charge is 0.481 e. The molecular formula is C14H23NO5. The fourth-order valence-electron chi connectivity index (χ4n) is 4.29. The highest BCUT2D eigenvalue weighted by atomic mass is 16.7. The van der Waals surface area contributed by atoms with Gasteiger partial charge in [-0.25, -0.2) is 0 Å². The second-order valence-electron chi connectivity index (χ2n) is 6.30. The van der Waals surface area contributed by atoms with Crippen molar-refractivity contribution in [1.82, 2.24) is 5.32 Å². The number of ether oxygens (including phenoxy) is 2. The van der Waals surface area contributed by atoms with Crippen LogP contribution in [0, 0.1) is 17.3 Å². The average Bonchev–Trinajstić information content (AvgIpc) is 2.71. The van der Waals surface area contributed by atoms with Crippen LogP contribution in [0.1, 0.15) is 33.6 Å². The van der Waals surface area contributed by atoms with Gasteiger partial charge in [-0.2, -0.15) is 0 Å². The lowest BCUT2D eigenvalue weighted by molar-refractivity contribution is -0.245. The zero-order valence-corrected chi connectivity index (χ0v) is 12.6. The Balaban J connectivity index is 2.50. The predicted octanol–water partition coefficient (Wildman–Crippen LogP) is 1.00. The van der Waals surface area contributed by atoms with Gasteiger partial charge in [-0.05, 0) is 13.3 Å². The van der Waals surface area contributed by atoms with E-state index in [0.717, 1.165) is 0 Å². The van der Waals surface area contributed by atoms with Crippen molar-refractivity contribution in [3.8, 4) is 0 Å². The number of carbonyl (C=O) groups excluding carboxylic acids is 1. The molecule has 0 radical (unpaired) electrons. The second-order valence-corrected chi connectivity index (χ2v) is 6.30. The first-order valence-electron chi connectivity index (χ1n) is 6.84. The molecule has 1 saturated carbocycles. The van der Waals surface area contributed by atoms with Gasteiger partial charge in [0, 0.05) is 26.1 Å². The van der Waals surface area contributed by atoms with Gasteiger partial charge in [-0.15, -0.1) is 0 Å². The van der Waals surface area contributed by atoms with Crippen LogP contribution in [0.2, 0.25) is 0 Å². The first kappa shape index (κ1) is 15.3. The number of hydrogen-bond acceptors (Lipinski definition) is 4. The first-order chi connectivity index (χ1) is 9.19. The fraction of sp³-hybridized carbons (Fsp3) is 0.857. The van der Waals surface area contributed by atoms with E-state index in [4.69, 9.17) is 9.47 Å². The Morgan fingerprint density at radius 2 is 1.90 bits per heavy atom. The Bertz CT molecular complexity index is 447. The summed E-state index contributed by atoms with van der Waals surface area (Å²) in [5, 5.41) is 12.2. The van der Waals surface area contributed by atoms with Crippen LogP contribution >= 0.6 is 0 Å². The van der Waals surface area contributed by atoms with Crippen molar-refractivity contribution in [3.63, 3.8) is 0 Å². The highest BCUT2D eigenvalue weighted by molar-refractivity contribution is 5.89. The van der Waals surface area contributed by atoms with Crippen molar-refractivity contribution in [1.29, 1.82) is 0 Å². The molecule has 2 N–H and O–H groups in total. The third-order valence-corrected chi connectivity index (χ3v) is 5.77. The van der Waals surface area contributed by atoms with Crippen LogP contribution in [-0.4, -0.2) is 42.5 Å². The fourth-order valence-corrected chi connectivity index (χ4v) is 4.29. The molecule has 114 valence electrons. The maximum absolute atomic E-state index is 12.4. The summed E-state index contributed by atoms with van der Waals surface area (Å²) in [6.07, 6.45) is 1.29. The number of aliphatic carboxylic acids is 1. The van der Waals surface area contributed by atoms with Gasteiger partial charge in [0.05, 0.1) is 17.4 Å². The number of carbonyl (C=O) groups is 2. The van der Waals surface area contributed by atoms with E-state index in [-0.39, 0.29) is 5.91 Å². The Morgan fingerprint density at radius 3 is 2.35 bits per heavy atom. The number of carboxylic acid groups (broad SMARTS) is 1. The van der Waals surface area contributed by atoms with Crippen LogP contribution in [0.5, 0.6) is 0 Å². The first-order valence-corrected chi connectivity index (χ1v) is 6.84. The molecule has 2 rings (SSSR count). The number of nitrogens with one attached hydrogen (secondary N) is 1.